The van der Waals surface area contributed by atoms with Gasteiger partial charge in [-0.25, -0.2) is 0 Å². The molecule has 0 unspecified atom stereocenters. The number of hydrogen-bond donors (Lipinski definition) is 0. The maximum absolute atomic E-state index is 12.2. The minimum Gasteiger partial charge on any atom is 0 e. The van der Waals surface area contributed by atoms with Crippen molar-refractivity contribution in [3.63, 3.8) is 0 Å². The zero-order valence-corrected chi connectivity index (χ0v) is 32.6. The van der Waals surface area contributed by atoms with Crippen molar-refractivity contribution in [3.8, 4) is 11.8 Å². The molecule has 1 saturated heterocycles. The molecule has 0 aromatic heterocycles. The third-order valence-corrected chi connectivity index (χ3v) is 12.5. The van der Waals surface area contributed by atoms with E-state index in [1.54, 1.807) is 0 Å². The van der Waals surface area contributed by atoms with Crippen molar-refractivity contribution in [3.05, 3.63) is 101 Å². The molecule has 2 aliphatic rings. The van der Waals surface area contributed by atoms with Crippen LogP contribution >= 0.6 is 0 Å². The molecule has 2 aliphatic heterocycles. The van der Waals surface area contributed by atoms with Gasteiger partial charge in [-0.05, 0) is 34.7 Å². The Morgan fingerprint density at radius 2 is 1.29 bits per heavy atom. The van der Waals surface area contributed by atoms with E-state index in [1.807, 2.05) is 12.1 Å². The summed E-state index contributed by atoms with van der Waals surface area (Å²) < 4.78 is 70.5. The summed E-state index contributed by atoms with van der Waals surface area (Å²) in [5.41, 5.74) is 0. The van der Waals surface area contributed by atoms with Crippen molar-refractivity contribution in [1.29, 1.82) is 0 Å². The summed E-state index contributed by atoms with van der Waals surface area (Å²) in [7, 11) is -2.77. The van der Waals surface area contributed by atoms with Crippen LogP contribution in [0.4, 0.5) is 0 Å². The maximum Gasteiger partial charge on any atom is 0 e. The van der Waals surface area contributed by atoms with Gasteiger partial charge < -0.3 is 18.6 Å². The predicted molar refractivity (Wildman–Crippen MR) is 177 cm³/mol. The van der Waals surface area contributed by atoms with Gasteiger partial charge in [0.2, 0.25) is 0 Å². The first-order valence-electron chi connectivity index (χ1n) is 15.1. The van der Waals surface area contributed by atoms with E-state index < -0.39 is 14.4 Å². The number of benzene rings is 2. The maximum atomic E-state index is 12.2. The fourth-order valence-electron chi connectivity index (χ4n) is 5.79. The number of carbonyl (C=O) groups excluding carboxylic acids is 1. The largest absolute Gasteiger partial charge is 0 e. The normalized spacial score (nSPS) is 18.2. The molecule has 14 heteroatoms. The number of carbonyl (C=O) groups is 1. The van der Waals surface area contributed by atoms with Gasteiger partial charge in [0.15, 0.2) is 0 Å². The van der Waals surface area contributed by atoms with Crippen molar-refractivity contribution in [1.82, 2.24) is 0 Å². The Morgan fingerprint density at radius 3 is 1.71 bits per heavy atom. The van der Waals surface area contributed by atoms with Crippen molar-refractivity contribution < 1.29 is 84.9 Å². The molecule has 0 aliphatic carbocycles. The van der Waals surface area contributed by atoms with Crippen LogP contribution in [0.15, 0.2) is 60.7 Å². The van der Waals surface area contributed by atoms with Gasteiger partial charge in [-0.15, -0.1) is 0 Å². The van der Waals surface area contributed by atoms with Gasteiger partial charge in [-0.3, -0.25) is 4.79 Å². The van der Waals surface area contributed by atoms with E-state index in [2.05, 4.69) is 128 Å². The second kappa shape index (κ2) is 35.1. The molecule has 0 amide bonds. The fourth-order valence-corrected chi connectivity index (χ4v) is 10.4. The van der Waals surface area contributed by atoms with Crippen LogP contribution in [0.3, 0.4) is 0 Å². The van der Waals surface area contributed by atoms with Crippen LogP contribution in [-0.4, -0.2) is 51.9 Å². The van der Waals surface area contributed by atoms with Gasteiger partial charge in [0.05, 0.1) is 18.8 Å². The van der Waals surface area contributed by atoms with E-state index in [-0.39, 0.29) is 75.4 Å². The van der Waals surface area contributed by atoms with Crippen molar-refractivity contribution in [2.45, 2.75) is 89.8 Å². The number of esters is 1. The Morgan fingerprint density at radius 1 is 0.827 bits per heavy atom. The molecular weight excluding hydrogens is 778 g/mol. The molecule has 2 aromatic rings. The van der Waals surface area contributed by atoms with Crippen LogP contribution in [0, 0.1) is 57.7 Å². The van der Waals surface area contributed by atoms with Crippen molar-refractivity contribution in [2.24, 2.45) is 5.92 Å². The predicted octanol–water partition coefficient (Wildman–Crippen LogP) is 4.63. The van der Waals surface area contributed by atoms with E-state index in [4.69, 9.17) is 46.5 Å². The second-order valence-electron chi connectivity index (χ2n) is 11.6. The molecule has 11 nitrogen and oxygen atoms in total. The monoisotopic (exact) mass is 820 g/mol. The topological polar surface area (TPSA) is 173 Å². The SMILES string of the molecule is CC(=O)O[C@H](CO[Si](c1ccccc1)(c1ccccc1)C(C)(C)C)C[C@@H]1C#C[C@H](C)C[C@H]2OCCC[C@@H]2O1.[C-]#[O+].[C-]#[O+].[C-]#[O+].[C-]#[O+].[C-]#[O+].[C-]#[O+].[Co].[Co]. The van der Waals surface area contributed by atoms with Crippen LogP contribution in [0.1, 0.15) is 60.3 Å². The zero-order chi connectivity index (χ0) is 39.2. The van der Waals surface area contributed by atoms with E-state index in [1.165, 1.54) is 17.3 Å². The molecule has 2 aromatic carbocycles. The third kappa shape index (κ3) is 19.2. The third-order valence-electron chi connectivity index (χ3n) is 7.51. The number of rotatable bonds is 8. The smallest absolute Gasteiger partial charge is 0 e. The zero-order valence-electron chi connectivity index (χ0n) is 29.6. The van der Waals surface area contributed by atoms with Crippen LogP contribution in [-0.2, 0) is 84.9 Å². The fraction of sp³-hybridized carbons (Fsp3) is 0.447. The Labute approximate surface area is 329 Å². The molecule has 282 valence electrons. The molecule has 0 saturated carbocycles. The summed E-state index contributed by atoms with van der Waals surface area (Å²) in [6, 6.07) is 21.0. The Bertz CT molecular complexity index is 1310. The molecule has 5 atom stereocenters. The van der Waals surface area contributed by atoms with Gasteiger partial charge in [0.25, 0.3) is 8.32 Å². The average Bonchev–Trinajstić information content (AvgIpc) is 3.16. The molecule has 4 rings (SSSR count). The Kier molecular flexibility index (Phi) is 39.3. The first kappa shape index (κ1) is 58.3. The molecule has 0 bridgehead atoms. The molecule has 1 fully saturated rings. The summed E-state index contributed by atoms with van der Waals surface area (Å²) in [6.45, 7) is 38.4. The molecular formula is C38H42Co2O11Si. The van der Waals surface area contributed by atoms with Crippen LogP contribution in [0.5, 0.6) is 0 Å². The summed E-state index contributed by atoms with van der Waals surface area (Å²) in [6.07, 6.45) is 2.55. The minimum atomic E-state index is -2.77. The molecule has 0 N–H and O–H groups in total. The minimum absolute atomic E-state index is 0. The summed E-state index contributed by atoms with van der Waals surface area (Å²) in [5.74, 6) is 6.58. The standard InChI is InChI=1S/C32H42O5Si.6CO.2Co/c1-24-18-19-26(37-30-17-12-20-34-31(30)21-24)22-27(36-25(2)33)23-35-38(32(3,4)5,28-13-8-6-9-14-28)29-15-10-7-11-16-29;6*1-2;;/h6-11,13-16,24,26-27,30-31H,12,17,20-23H2,1-5H3;;;;;;;;/t24-,26-,27-,30-,31+;;;;;;;;/m0......../s1. The first-order chi connectivity index (χ1) is 24.2. The van der Waals surface area contributed by atoms with E-state index in [9.17, 15) is 4.79 Å². The number of hydrogen-bond acceptors (Lipinski definition) is 5. The molecule has 2 heterocycles. The van der Waals surface area contributed by atoms with E-state index >= 15 is 0 Å². The van der Waals surface area contributed by atoms with Gasteiger partial charge in [-0.1, -0.05) is 100 Å². The summed E-state index contributed by atoms with van der Waals surface area (Å²) >= 11 is 0. The second-order valence-corrected chi connectivity index (χ2v) is 15.9. The van der Waals surface area contributed by atoms with Gasteiger partial charge in [-0.2, -0.15) is 0 Å². The van der Waals surface area contributed by atoms with Crippen LogP contribution in [0.2, 0.25) is 5.04 Å². The quantitative estimate of drug-likeness (QED) is 0.124. The summed E-state index contributed by atoms with van der Waals surface area (Å²) in [5, 5.41) is 2.21. The van der Waals surface area contributed by atoms with Gasteiger partial charge in [0, 0.05) is 59.4 Å². The number of ether oxygens (including phenoxy) is 3. The van der Waals surface area contributed by atoms with Gasteiger partial charge >= 0.3 is 73.8 Å². The molecule has 0 spiro atoms. The molecule has 52 heavy (non-hydrogen) atoms. The Balaban J connectivity index is -0.000000478. The van der Waals surface area contributed by atoms with E-state index in [0.717, 1.165) is 25.9 Å². The van der Waals surface area contributed by atoms with Crippen LogP contribution < -0.4 is 10.4 Å². The van der Waals surface area contributed by atoms with Crippen molar-refractivity contribution in [2.75, 3.05) is 13.2 Å². The van der Waals surface area contributed by atoms with Crippen LogP contribution in [0.25, 0.3) is 0 Å². The Hall–Kier alpha value is -2.98. The first-order valence-corrected chi connectivity index (χ1v) is 17.0. The number of fused-ring (bicyclic) bond motifs is 1. The van der Waals surface area contributed by atoms with Gasteiger partial charge in [0.1, 0.15) is 12.2 Å². The van der Waals surface area contributed by atoms with Crippen molar-refractivity contribution >= 4 is 24.7 Å². The van der Waals surface area contributed by atoms with E-state index in [0.29, 0.717) is 6.42 Å². The average molecular weight is 821 g/mol. The molecule has 2 radical (unpaired) electrons. The summed E-state index contributed by atoms with van der Waals surface area (Å²) in [4.78, 5) is 12.2.